The third-order valence-electron chi connectivity index (χ3n) is 5.22. The van der Waals surface area contributed by atoms with Crippen molar-refractivity contribution in [2.75, 3.05) is 10.6 Å². The van der Waals surface area contributed by atoms with Crippen LogP contribution in [0.15, 0.2) is 73.3 Å². The van der Waals surface area contributed by atoms with Crippen molar-refractivity contribution in [3.05, 3.63) is 89.5 Å². The lowest BCUT2D eigenvalue weighted by Crippen LogP contribution is -2.49. The lowest BCUT2D eigenvalue weighted by molar-refractivity contribution is -0.137. The van der Waals surface area contributed by atoms with E-state index in [1.807, 2.05) is 0 Å². The molecule has 0 bridgehead atoms. The molecule has 2 aromatic heterocycles. The van der Waals surface area contributed by atoms with E-state index < -0.39 is 29.7 Å². The number of benzene rings is 2. The first-order chi connectivity index (χ1) is 18.3. The lowest BCUT2D eigenvalue weighted by Gasteiger charge is -2.19. The first-order valence-corrected chi connectivity index (χ1v) is 11.4. The number of hydrogen-bond acceptors (Lipinski definition) is 8. The van der Waals surface area contributed by atoms with Gasteiger partial charge in [0.15, 0.2) is 0 Å². The van der Waals surface area contributed by atoms with Crippen LogP contribution in [0.1, 0.15) is 15.9 Å². The number of nitrogens with one attached hydrogen (secondary N) is 3. The minimum atomic E-state index is -1.16. The highest BCUT2D eigenvalue weighted by Crippen LogP contribution is 2.23. The first-order valence-electron chi connectivity index (χ1n) is 11.0. The summed E-state index contributed by atoms with van der Waals surface area (Å²) in [5, 5.41) is 27.8. The van der Waals surface area contributed by atoms with Crippen LogP contribution in [0.25, 0.3) is 5.69 Å². The van der Waals surface area contributed by atoms with Crippen LogP contribution in [-0.4, -0.2) is 60.0 Å². The minimum Gasteiger partial charge on any atom is -0.478 e. The van der Waals surface area contributed by atoms with E-state index >= 15 is 0 Å². The summed E-state index contributed by atoms with van der Waals surface area (Å²) in [6.07, 6.45) is 4.41. The number of pyridine rings is 1. The average molecular weight is 535 g/mol. The van der Waals surface area contributed by atoms with Crippen LogP contribution in [0.2, 0.25) is 5.02 Å². The van der Waals surface area contributed by atoms with E-state index in [1.54, 1.807) is 24.3 Å². The van der Waals surface area contributed by atoms with Gasteiger partial charge in [0.25, 0.3) is 0 Å². The average Bonchev–Trinajstić information content (AvgIpc) is 3.44. The summed E-state index contributed by atoms with van der Waals surface area (Å²) in [6.45, 7) is 0. The number of tetrazole rings is 1. The Morgan fingerprint density at radius 1 is 0.947 bits per heavy atom. The Morgan fingerprint density at radius 3 is 2.34 bits per heavy atom. The van der Waals surface area contributed by atoms with Crippen LogP contribution in [0, 0.1) is 0 Å². The van der Waals surface area contributed by atoms with Crippen molar-refractivity contribution in [2.24, 2.45) is 0 Å². The summed E-state index contributed by atoms with van der Waals surface area (Å²) in [4.78, 5) is 53.7. The van der Waals surface area contributed by atoms with Crippen molar-refractivity contribution in [1.29, 1.82) is 0 Å². The zero-order chi connectivity index (χ0) is 27.1. The smallest absolute Gasteiger partial charge is 0.335 e. The summed E-state index contributed by atoms with van der Waals surface area (Å²) in [5.41, 5.74) is 1.56. The van der Waals surface area contributed by atoms with Gasteiger partial charge >= 0.3 is 17.8 Å². The molecule has 3 amide bonds. The zero-order valence-corrected chi connectivity index (χ0v) is 20.2. The molecule has 0 saturated heterocycles. The van der Waals surface area contributed by atoms with Crippen molar-refractivity contribution in [3.63, 3.8) is 0 Å². The van der Waals surface area contributed by atoms with Crippen molar-refractivity contribution in [3.8, 4) is 5.69 Å². The van der Waals surface area contributed by atoms with Gasteiger partial charge in [-0.3, -0.25) is 19.4 Å². The largest absolute Gasteiger partial charge is 0.478 e. The number of carboxylic acids is 1. The number of carboxylic acid groups (broad SMARTS) is 1. The second kappa shape index (κ2) is 11.7. The molecule has 0 aliphatic rings. The molecule has 2 heterocycles. The van der Waals surface area contributed by atoms with Gasteiger partial charge in [-0.25, -0.2) is 4.79 Å². The number of carbonyl (C=O) groups is 4. The van der Waals surface area contributed by atoms with Gasteiger partial charge in [0.1, 0.15) is 12.4 Å². The fraction of sp³-hybridized carbons (Fsp3) is 0.0833. The van der Waals surface area contributed by atoms with Gasteiger partial charge < -0.3 is 21.1 Å². The second-order valence-electron chi connectivity index (χ2n) is 7.83. The van der Waals surface area contributed by atoms with Gasteiger partial charge in [-0.1, -0.05) is 11.6 Å². The van der Waals surface area contributed by atoms with Gasteiger partial charge in [0.05, 0.1) is 16.9 Å². The molecule has 0 aliphatic carbocycles. The van der Waals surface area contributed by atoms with E-state index in [9.17, 15) is 19.2 Å². The second-order valence-corrected chi connectivity index (χ2v) is 8.26. The highest BCUT2D eigenvalue weighted by molar-refractivity contribution is 6.40. The van der Waals surface area contributed by atoms with Crippen LogP contribution in [-0.2, 0) is 20.8 Å². The number of rotatable bonds is 8. The van der Waals surface area contributed by atoms with Crippen LogP contribution in [0.5, 0.6) is 0 Å². The fourth-order valence-corrected chi connectivity index (χ4v) is 3.54. The Morgan fingerprint density at radius 2 is 1.68 bits per heavy atom. The van der Waals surface area contributed by atoms with Gasteiger partial charge in [-0.2, -0.15) is 4.68 Å². The number of amides is 3. The Hall–Kier alpha value is -5.17. The quantitative estimate of drug-likeness (QED) is 0.244. The lowest BCUT2D eigenvalue weighted by atomic mass is 10.1. The molecule has 1 unspecified atom stereocenters. The Balaban J connectivity index is 1.50. The number of halogens is 1. The van der Waals surface area contributed by atoms with E-state index in [4.69, 9.17) is 16.7 Å². The number of aromatic nitrogens is 5. The van der Waals surface area contributed by atoms with Crippen LogP contribution < -0.4 is 16.0 Å². The van der Waals surface area contributed by atoms with Gasteiger partial charge in [-0.15, -0.1) is 5.10 Å². The molecule has 1 atom stereocenters. The molecule has 14 heteroatoms. The molecule has 13 nitrogen and oxygen atoms in total. The number of hydrogen-bond donors (Lipinski definition) is 4. The molecule has 0 radical (unpaired) electrons. The van der Waals surface area contributed by atoms with Crippen molar-refractivity contribution in [2.45, 2.75) is 12.5 Å². The molecular formula is C24H19ClN8O5. The Labute approximate surface area is 219 Å². The van der Waals surface area contributed by atoms with Crippen LogP contribution >= 0.6 is 11.6 Å². The third kappa shape index (κ3) is 6.53. The summed E-state index contributed by atoms with van der Waals surface area (Å²) in [5.74, 6) is -3.87. The number of carbonyl (C=O) groups excluding carboxylic acids is 3. The van der Waals surface area contributed by atoms with Crippen molar-refractivity contribution < 1.29 is 24.3 Å². The zero-order valence-electron chi connectivity index (χ0n) is 19.4. The van der Waals surface area contributed by atoms with Gasteiger partial charge in [0, 0.05) is 29.5 Å². The highest BCUT2D eigenvalue weighted by atomic mass is 35.5. The monoisotopic (exact) mass is 534 g/mol. The molecule has 0 spiro atoms. The van der Waals surface area contributed by atoms with E-state index in [-0.39, 0.29) is 17.7 Å². The molecule has 0 fully saturated rings. The van der Waals surface area contributed by atoms with E-state index in [0.29, 0.717) is 22.0 Å². The maximum Gasteiger partial charge on any atom is 0.335 e. The predicted molar refractivity (Wildman–Crippen MR) is 135 cm³/mol. The number of anilines is 2. The molecule has 4 aromatic rings. The predicted octanol–water partition coefficient (Wildman–Crippen LogP) is 1.71. The third-order valence-corrected chi connectivity index (χ3v) is 5.45. The fourth-order valence-electron chi connectivity index (χ4n) is 3.37. The maximum atomic E-state index is 13.1. The Bertz CT molecular complexity index is 1460. The standard InChI is InChI=1S/C24H19ClN8O5/c25-16-3-6-20(33-13-27-31-32-33)18(12-16)29-22(35)23(36)30-19(11-14-7-9-26-10-8-14)21(34)28-17-4-1-15(2-5-17)24(37)38/h1-10,12-13,19H,11H2,(H,28,34)(H,29,35)(H,30,36)(H,37,38). The van der Waals surface area contributed by atoms with E-state index in [2.05, 4.69) is 36.5 Å². The highest BCUT2D eigenvalue weighted by Gasteiger charge is 2.26. The van der Waals surface area contributed by atoms with Gasteiger partial charge in [-0.05, 0) is 70.6 Å². The molecule has 192 valence electrons. The maximum absolute atomic E-state index is 13.1. The summed E-state index contributed by atoms with van der Waals surface area (Å²) < 4.78 is 1.28. The molecule has 0 saturated carbocycles. The topological polar surface area (TPSA) is 181 Å². The van der Waals surface area contributed by atoms with Crippen molar-refractivity contribution >= 4 is 46.7 Å². The molecule has 4 N–H and O–H groups in total. The molecule has 0 aliphatic heterocycles. The van der Waals surface area contributed by atoms with Gasteiger partial charge in [0.2, 0.25) is 5.91 Å². The summed E-state index contributed by atoms with van der Waals surface area (Å²) >= 11 is 6.06. The van der Waals surface area contributed by atoms with Crippen LogP contribution in [0.4, 0.5) is 11.4 Å². The van der Waals surface area contributed by atoms with Crippen molar-refractivity contribution in [1.82, 2.24) is 30.5 Å². The molecule has 4 rings (SSSR count). The number of aromatic carboxylic acids is 1. The summed E-state index contributed by atoms with van der Waals surface area (Å²) in [7, 11) is 0. The number of nitrogens with zero attached hydrogens (tertiary/aromatic N) is 5. The van der Waals surface area contributed by atoms with E-state index in [1.165, 1.54) is 53.7 Å². The summed E-state index contributed by atoms with van der Waals surface area (Å²) in [6, 6.07) is 12.2. The Kier molecular flexibility index (Phi) is 7.98. The SMILES string of the molecule is O=C(Nc1cc(Cl)ccc1-n1cnnn1)C(=O)NC(Cc1ccncc1)C(=O)Nc1ccc(C(=O)O)cc1. The molecule has 38 heavy (non-hydrogen) atoms. The van der Waals surface area contributed by atoms with Crippen LogP contribution in [0.3, 0.4) is 0 Å². The van der Waals surface area contributed by atoms with E-state index in [0.717, 1.165) is 0 Å². The first kappa shape index (κ1) is 25.9. The molecular weight excluding hydrogens is 516 g/mol. The normalized spacial score (nSPS) is 11.3. The molecule has 2 aromatic carbocycles. The minimum absolute atomic E-state index is 0.0448.